The number of carbonyl (C=O) groups is 2. The van der Waals surface area contributed by atoms with Gasteiger partial charge >= 0.3 is 12.1 Å². The Balaban J connectivity index is 1.59. The Labute approximate surface area is 200 Å². The molecule has 0 saturated heterocycles. The molecule has 1 aliphatic rings. The summed E-state index contributed by atoms with van der Waals surface area (Å²) in [4.78, 5) is 25.4. The summed E-state index contributed by atoms with van der Waals surface area (Å²) in [5.41, 5.74) is 0.907. The van der Waals surface area contributed by atoms with Crippen LogP contribution in [0.15, 0.2) is 66.7 Å². The van der Waals surface area contributed by atoms with Gasteiger partial charge in [-0.2, -0.15) is 13.2 Å². The number of fused-ring (bicyclic) bond motifs is 1. The second kappa shape index (κ2) is 9.30. The SMILES string of the molecule is COc1ccc(C(=O)CC2(C(=O)O)Cc3ccccc3C2)cc1C#Cc1ccc(C(F)(F)F)cc1. The van der Waals surface area contributed by atoms with Crippen molar-refractivity contribution in [1.29, 1.82) is 0 Å². The third-order valence-corrected chi connectivity index (χ3v) is 6.20. The maximum atomic E-state index is 13.2. The van der Waals surface area contributed by atoms with Crippen LogP contribution in [-0.2, 0) is 23.8 Å². The Kier molecular flexibility index (Phi) is 6.40. The van der Waals surface area contributed by atoms with Crippen LogP contribution in [0, 0.1) is 17.3 Å². The van der Waals surface area contributed by atoms with Crippen molar-refractivity contribution < 1.29 is 32.6 Å². The van der Waals surface area contributed by atoms with Crippen molar-refractivity contribution in [2.45, 2.75) is 25.4 Å². The van der Waals surface area contributed by atoms with E-state index in [1.54, 1.807) is 12.1 Å². The molecule has 4 nitrogen and oxygen atoms in total. The topological polar surface area (TPSA) is 63.6 Å². The third-order valence-electron chi connectivity index (χ3n) is 6.20. The number of ether oxygens (including phenoxy) is 1. The average molecular weight is 478 g/mol. The van der Waals surface area contributed by atoms with Gasteiger partial charge in [-0.3, -0.25) is 9.59 Å². The van der Waals surface area contributed by atoms with Gasteiger partial charge in [0, 0.05) is 17.5 Å². The Morgan fingerprint density at radius 2 is 1.60 bits per heavy atom. The standard InChI is InChI=1S/C28H21F3O4/c1-35-25-13-10-19(14-20(25)9-6-18-7-11-23(12-8-18)28(29,30)31)24(32)17-27(26(33)34)15-21-4-2-3-5-22(21)16-27/h2-5,7-8,10-14H,15-17H2,1H3,(H,33,34). The van der Waals surface area contributed by atoms with Crippen LogP contribution in [0.1, 0.15) is 44.6 Å². The summed E-state index contributed by atoms with van der Waals surface area (Å²) in [5.74, 6) is 4.68. The molecule has 0 unspecified atom stereocenters. The lowest BCUT2D eigenvalue weighted by Gasteiger charge is -2.23. The first kappa shape index (κ1) is 24.1. The highest BCUT2D eigenvalue weighted by atomic mass is 19.4. The summed E-state index contributed by atoms with van der Waals surface area (Å²) in [6.45, 7) is 0. The van der Waals surface area contributed by atoms with E-state index < -0.39 is 23.1 Å². The molecular formula is C28H21F3O4. The number of alkyl halides is 3. The smallest absolute Gasteiger partial charge is 0.416 e. The molecule has 0 amide bonds. The zero-order valence-corrected chi connectivity index (χ0v) is 18.8. The molecule has 0 aromatic heterocycles. The minimum absolute atomic E-state index is 0.172. The second-order valence-electron chi connectivity index (χ2n) is 8.55. The van der Waals surface area contributed by atoms with Crippen molar-refractivity contribution in [3.63, 3.8) is 0 Å². The van der Waals surface area contributed by atoms with Crippen molar-refractivity contribution in [3.8, 4) is 17.6 Å². The minimum Gasteiger partial charge on any atom is -0.495 e. The summed E-state index contributed by atoms with van der Waals surface area (Å²) in [6, 6.07) is 16.6. The monoisotopic (exact) mass is 478 g/mol. The lowest BCUT2D eigenvalue weighted by molar-refractivity contribution is -0.148. The fourth-order valence-electron chi connectivity index (χ4n) is 4.32. The van der Waals surface area contributed by atoms with Gasteiger partial charge in [0.05, 0.1) is 23.7 Å². The van der Waals surface area contributed by atoms with Gasteiger partial charge in [-0.1, -0.05) is 36.1 Å². The highest BCUT2D eigenvalue weighted by Crippen LogP contribution is 2.41. The molecule has 3 aromatic rings. The molecule has 3 aromatic carbocycles. The molecule has 0 spiro atoms. The highest BCUT2D eigenvalue weighted by molar-refractivity contribution is 5.99. The molecule has 0 heterocycles. The fourth-order valence-corrected chi connectivity index (χ4v) is 4.32. The molecule has 0 saturated carbocycles. The minimum atomic E-state index is -4.43. The number of hydrogen-bond donors (Lipinski definition) is 1. The maximum Gasteiger partial charge on any atom is 0.416 e. The molecule has 0 fully saturated rings. The van der Waals surface area contributed by atoms with Crippen LogP contribution in [0.2, 0.25) is 0 Å². The highest BCUT2D eigenvalue weighted by Gasteiger charge is 2.45. The quantitative estimate of drug-likeness (QED) is 0.386. The fraction of sp³-hybridized carbons (Fsp3) is 0.214. The molecule has 1 aliphatic carbocycles. The summed E-state index contributed by atoms with van der Waals surface area (Å²) >= 11 is 0. The first-order chi connectivity index (χ1) is 16.6. The van der Waals surface area contributed by atoms with Gasteiger partial charge in [0.1, 0.15) is 5.75 Å². The van der Waals surface area contributed by atoms with Gasteiger partial charge < -0.3 is 9.84 Å². The van der Waals surface area contributed by atoms with Crippen LogP contribution >= 0.6 is 0 Å². The first-order valence-corrected chi connectivity index (χ1v) is 10.8. The number of aliphatic carboxylic acids is 1. The van der Waals surface area contributed by atoms with E-state index in [0.29, 0.717) is 22.4 Å². The number of carboxylic acid groups (broad SMARTS) is 1. The Morgan fingerprint density at radius 3 is 2.14 bits per heavy atom. The van der Waals surface area contributed by atoms with Crippen molar-refractivity contribution in [1.82, 2.24) is 0 Å². The maximum absolute atomic E-state index is 13.2. The van der Waals surface area contributed by atoms with Gasteiger partial charge in [-0.15, -0.1) is 0 Å². The molecule has 0 atom stereocenters. The molecule has 4 rings (SSSR count). The molecule has 1 N–H and O–H groups in total. The van der Waals surface area contributed by atoms with E-state index in [9.17, 15) is 27.9 Å². The number of hydrogen-bond acceptors (Lipinski definition) is 3. The van der Waals surface area contributed by atoms with Gasteiger partial charge in [0.15, 0.2) is 5.78 Å². The number of ketones is 1. The van der Waals surface area contributed by atoms with Crippen LogP contribution in [-0.4, -0.2) is 24.0 Å². The Morgan fingerprint density at radius 1 is 0.971 bits per heavy atom. The summed E-state index contributed by atoms with van der Waals surface area (Å²) < 4.78 is 43.6. The number of halogens is 3. The average Bonchev–Trinajstić information content (AvgIpc) is 3.21. The number of methoxy groups -OCH3 is 1. The van der Waals surface area contributed by atoms with Crippen LogP contribution < -0.4 is 4.74 Å². The van der Waals surface area contributed by atoms with Gasteiger partial charge in [0.2, 0.25) is 0 Å². The molecule has 0 bridgehead atoms. The zero-order valence-electron chi connectivity index (χ0n) is 18.8. The van der Waals surface area contributed by atoms with Crippen LogP contribution in [0.3, 0.4) is 0 Å². The van der Waals surface area contributed by atoms with E-state index in [0.717, 1.165) is 23.3 Å². The molecule has 35 heavy (non-hydrogen) atoms. The van der Waals surface area contributed by atoms with Gasteiger partial charge in [-0.05, 0) is 66.4 Å². The zero-order chi connectivity index (χ0) is 25.2. The number of Topliss-reactive ketones (excluding diaryl/α,β-unsaturated/α-hetero) is 1. The lowest BCUT2D eigenvalue weighted by Crippen LogP contribution is -2.34. The van der Waals surface area contributed by atoms with Crippen LogP contribution in [0.4, 0.5) is 13.2 Å². The van der Waals surface area contributed by atoms with Gasteiger partial charge in [-0.25, -0.2) is 0 Å². The third kappa shape index (κ3) is 5.07. The molecule has 7 heteroatoms. The summed E-state index contributed by atoms with van der Waals surface area (Å²) in [6.07, 6.45) is -4.05. The molecular weight excluding hydrogens is 457 g/mol. The number of benzene rings is 3. The van der Waals surface area contributed by atoms with Gasteiger partial charge in [0.25, 0.3) is 0 Å². The van der Waals surface area contributed by atoms with E-state index in [1.807, 2.05) is 24.3 Å². The van der Waals surface area contributed by atoms with Crippen molar-refractivity contribution in [2.75, 3.05) is 7.11 Å². The van der Waals surface area contributed by atoms with Crippen molar-refractivity contribution >= 4 is 11.8 Å². The normalized spacial score (nSPS) is 13.9. The van der Waals surface area contributed by atoms with E-state index in [1.165, 1.54) is 25.3 Å². The number of carbonyl (C=O) groups excluding carboxylic acids is 1. The second-order valence-corrected chi connectivity index (χ2v) is 8.55. The molecule has 0 radical (unpaired) electrons. The molecule has 178 valence electrons. The van der Waals surface area contributed by atoms with E-state index >= 15 is 0 Å². The largest absolute Gasteiger partial charge is 0.495 e. The van der Waals surface area contributed by atoms with Crippen molar-refractivity contribution in [2.24, 2.45) is 5.41 Å². The predicted octanol–water partition coefficient (Wildman–Crippen LogP) is 5.56. The van der Waals surface area contributed by atoms with E-state index in [-0.39, 0.29) is 25.0 Å². The molecule has 0 aliphatic heterocycles. The summed E-state index contributed by atoms with van der Waals surface area (Å²) in [7, 11) is 1.44. The van der Waals surface area contributed by atoms with Crippen LogP contribution in [0.5, 0.6) is 5.75 Å². The predicted molar refractivity (Wildman–Crippen MR) is 123 cm³/mol. The Bertz CT molecular complexity index is 1320. The van der Waals surface area contributed by atoms with Crippen LogP contribution in [0.25, 0.3) is 0 Å². The van der Waals surface area contributed by atoms with E-state index in [4.69, 9.17) is 4.74 Å². The Hall–Kier alpha value is -4.05. The number of rotatable bonds is 5. The summed E-state index contributed by atoms with van der Waals surface area (Å²) in [5, 5.41) is 9.98. The van der Waals surface area contributed by atoms with E-state index in [2.05, 4.69) is 11.8 Å². The lowest BCUT2D eigenvalue weighted by atomic mass is 9.78. The first-order valence-electron chi connectivity index (χ1n) is 10.8. The van der Waals surface area contributed by atoms with Crippen molar-refractivity contribution in [3.05, 3.63) is 100 Å². The number of carboxylic acids is 1.